The van der Waals surface area contributed by atoms with Crippen LogP contribution in [0.2, 0.25) is 0 Å². The molecule has 6 nitrogen and oxygen atoms in total. The Bertz CT molecular complexity index is 835. The first kappa shape index (κ1) is 18.5. The van der Waals surface area contributed by atoms with Crippen LogP contribution < -0.4 is 5.32 Å². The largest absolute Gasteiger partial charge is 0.418 e. The van der Waals surface area contributed by atoms with Gasteiger partial charge in [0.25, 0.3) is 0 Å². The minimum atomic E-state index is -4.58. The van der Waals surface area contributed by atoms with Gasteiger partial charge >= 0.3 is 12.2 Å². The average Bonchev–Trinajstić information content (AvgIpc) is 2.86. The molecule has 1 aliphatic carbocycles. The van der Waals surface area contributed by atoms with Crippen LogP contribution in [0, 0.1) is 11.8 Å². The number of halogens is 3. The second kappa shape index (κ2) is 6.65. The highest BCUT2D eigenvalue weighted by atomic mass is 19.4. The van der Waals surface area contributed by atoms with Gasteiger partial charge in [-0.05, 0) is 25.0 Å². The summed E-state index contributed by atoms with van der Waals surface area (Å²) in [7, 11) is 0. The van der Waals surface area contributed by atoms with Crippen molar-refractivity contribution in [3.8, 4) is 0 Å². The van der Waals surface area contributed by atoms with Crippen molar-refractivity contribution in [3.63, 3.8) is 0 Å². The van der Waals surface area contributed by atoms with Gasteiger partial charge in [0.1, 0.15) is 0 Å². The van der Waals surface area contributed by atoms with Crippen LogP contribution in [0.25, 0.3) is 0 Å². The van der Waals surface area contributed by atoms with Crippen molar-refractivity contribution < 1.29 is 27.6 Å². The number of hydrogen-bond acceptors (Lipinski definition) is 3. The number of fused-ring (bicyclic) bond motifs is 1. The molecule has 1 N–H and O–H groups in total. The van der Waals surface area contributed by atoms with Gasteiger partial charge in [-0.3, -0.25) is 14.5 Å². The summed E-state index contributed by atoms with van der Waals surface area (Å²) in [6.45, 7) is 0.231. The van der Waals surface area contributed by atoms with E-state index in [0.717, 1.165) is 6.07 Å². The molecule has 148 valence electrons. The van der Waals surface area contributed by atoms with Gasteiger partial charge in [-0.15, -0.1) is 0 Å². The van der Waals surface area contributed by atoms with Gasteiger partial charge in [0, 0.05) is 13.1 Å². The quantitative estimate of drug-likeness (QED) is 0.621. The molecule has 0 radical (unpaired) electrons. The van der Waals surface area contributed by atoms with Crippen LogP contribution in [0.15, 0.2) is 36.4 Å². The number of rotatable bonds is 2. The summed E-state index contributed by atoms with van der Waals surface area (Å²) in [5.41, 5.74) is -1.25. The minimum absolute atomic E-state index is 0.115. The van der Waals surface area contributed by atoms with Crippen molar-refractivity contribution in [3.05, 3.63) is 42.0 Å². The Balaban J connectivity index is 1.39. The molecule has 0 bridgehead atoms. The van der Waals surface area contributed by atoms with Crippen molar-refractivity contribution >= 4 is 23.5 Å². The van der Waals surface area contributed by atoms with Gasteiger partial charge in [0.15, 0.2) is 0 Å². The SMILES string of the molecule is O=C(Nc1ccccc1C(F)(F)F)N1CC(N2C(=O)[C@H]3CC=CC[C@@H]3C2=O)C1. The number of alkyl halides is 3. The van der Waals surface area contributed by atoms with Gasteiger partial charge in [-0.25, -0.2) is 4.79 Å². The smallest absolute Gasteiger partial charge is 0.320 e. The van der Waals surface area contributed by atoms with E-state index in [1.165, 1.54) is 28.0 Å². The number of anilines is 1. The number of nitrogens with zero attached hydrogens (tertiary/aromatic N) is 2. The lowest BCUT2D eigenvalue weighted by Crippen LogP contribution is -2.63. The van der Waals surface area contributed by atoms with Gasteiger partial charge in [0.05, 0.1) is 29.1 Å². The number of carbonyl (C=O) groups excluding carboxylic acids is 3. The number of benzene rings is 1. The van der Waals surface area contributed by atoms with Crippen LogP contribution in [-0.2, 0) is 15.8 Å². The number of para-hydroxylation sites is 1. The Morgan fingerprint density at radius 1 is 1.00 bits per heavy atom. The zero-order chi connectivity index (χ0) is 20.1. The van der Waals surface area contributed by atoms with Crippen LogP contribution in [0.4, 0.5) is 23.7 Å². The number of amides is 4. The van der Waals surface area contributed by atoms with Gasteiger partial charge in [0.2, 0.25) is 11.8 Å². The zero-order valence-electron chi connectivity index (χ0n) is 14.8. The lowest BCUT2D eigenvalue weighted by molar-refractivity contribution is -0.145. The van der Waals surface area contributed by atoms with Crippen LogP contribution in [0.5, 0.6) is 0 Å². The summed E-state index contributed by atoms with van der Waals surface area (Å²) in [6.07, 6.45) is 0.288. The third-order valence-electron chi connectivity index (χ3n) is 5.53. The molecule has 28 heavy (non-hydrogen) atoms. The Kier molecular flexibility index (Phi) is 4.40. The maximum atomic E-state index is 13.0. The molecule has 1 aromatic carbocycles. The summed E-state index contributed by atoms with van der Waals surface area (Å²) in [4.78, 5) is 39.9. The molecule has 2 aliphatic heterocycles. The van der Waals surface area contributed by atoms with Crippen molar-refractivity contribution in [2.24, 2.45) is 11.8 Å². The maximum absolute atomic E-state index is 13.0. The number of imide groups is 1. The average molecular weight is 393 g/mol. The molecule has 0 spiro atoms. The second-order valence-electron chi connectivity index (χ2n) is 7.23. The van der Waals surface area contributed by atoms with E-state index in [1.807, 2.05) is 12.2 Å². The number of carbonyl (C=O) groups is 3. The lowest BCUT2D eigenvalue weighted by atomic mass is 9.85. The Labute approximate surface area is 159 Å². The fourth-order valence-corrected chi connectivity index (χ4v) is 4.00. The topological polar surface area (TPSA) is 69.7 Å². The highest BCUT2D eigenvalue weighted by Gasteiger charge is 2.52. The van der Waals surface area contributed by atoms with E-state index in [9.17, 15) is 27.6 Å². The molecular weight excluding hydrogens is 375 g/mol. The number of hydrogen-bond donors (Lipinski definition) is 1. The van der Waals surface area contributed by atoms with E-state index in [2.05, 4.69) is 5.32 Å². The number of likely N-dealkylation sites (tertiary alicyclic amines) is 2. The standard InChI is InChI=1S/C19H18F3N3O3/c20-19(21,22)14-7-3-4-8-15(14)23-18(28)24-9-11(10-24)25-16(26)12-5-1-2-6-13(12)17(25)27/h1-4,7-8,11-13H,5-6,9-10H2,(H,23,28)/t12-,13-/m0/s1. The summed E-state index contributed by atoms with van der Waals surface area (Å²) < 4.78 is 39.1. The highest BCUT2D eigenvalue weighted by molar-refractivity contribution is 6.06. The van der Waals surface area contributed by atoms with E-state index in [0.29, 0.717) is 12.8 Å². The molecule has 2 heterocycles. The van der Waals surface area contributed by atoms with Crippen LogP contribution in [0.3, 0.4) is 0 Å². The lowest BCUT2D eigenvalue weighted by Gasteiger charge is -2.43. The molecule has 0 aromatic heterocycles. The second-order valence-corrected chi connectivity index (χ2v) is 7.23. The van der Waals surface area contributed by atoms with Gasteiger partial charge < -0.3 is 10.2 Å². The van der Waals surface area contributed by atoms with E-state index < -0.39 is 23.8 Å². The Morgan fingerprint density at radius 2 is 1.57 bits per heavy atom. The summed E-state index contributed by atoms with van der Waals surface area (Å²) in [6, 6.07) is 3.62. The normalized spacial score (nSPS) is 25.0. The predicted molar refractivity (Wildman–Crippen MR) is 93.0 cm³/mol. The van der Waals surface area contributed by atoms with Gasteiger partial charge in [-0.2, -0.15) is 13.2 Å². The van der Waals surface area contributed by atoms with E-state index >= 15 is 0 Å². The molecule has 4 amide bonds. The molecule has 4 rings (SSSR count). The third kappa shape index (κ3) is 3.04. The summed E-state index contributed by atoms with van der Waals surface area (Å²) >= 11 is 0. The number of allylic oxidation sites excluding steroid dienone is 2. The molecule has 9 heteroatoms. The fraction of sp³-hybridized carbons (Fsp3) is 0.421. The first-order chi connectivity index (χ1) is 13.3. The van der Waals surface area contributed by atoms with Crippen molar-refractivity contribution in [2.75, 3.05) is 18.4 Å². The highest BCUT2D eigenvalue weighted by Crippen LogP contribution is 2.38. The molecule has 0 unspecified atom stereocenters. The molecule has 3 aliphatic rings. The first-order valence-corrected chi connectivity index (χ1v) is 9.01. The Hall–Kier alpha value is -2.84. The minimum Gasteiger partial charge on any atom is -0.320 e. The summed E-state index contributed by atoms with van der Waals surface area (Å²) in [5.74, 6) is -1.10. The van der Waals surface area contributed by atoms with Crippen molar-refractivity contribution in [1.29, 1.82) is 0 Å². The molecular formula is C19H18F3N3O3. The number of nitrogens with one attached hydrogen (secondary N) is 1. The third-order valence-corrected chi connectivity index (χ3v) is 5.53. The molecule has 2 atom stereocenters. The monoisotopic (exact) mass is 393 g/mol. The number of urea groups is 1. The molecule has 2 fully saturated rings. The zero-order valence-corrected chi connectivity index (χ0v) is 14.8. The fourth-order valence-electron chi connectivity index (χ4n) is 4.00. The molecule has 1 aromatic rings. The van der Waals surface area contributed by atoms with Gasteiger partial charge in [-0.1, -0.05) is 24.3 Å². The summed E-state index contributed by atoms with van der Waals surface area (Å²) in [5, 5.41) is 2.27. The van der Waals surface area contributed by atoms with Crippen molar-refractivity contribution in [1.82, 2.24) is 9.80 Å². The van der Waals surface area contributed by atoms with E-state index in [1.54, 1.807) is 0 Å². The van der Waals surface area contributed by atoms with E-state index in [-0.39, 0.29) is 42.4 Å². The molecule has 2 saturated heterocycles. The Morgan fingerprint density at radius 3 is 2.14 bits per heavy atom. The predicted octanol–water partition coefficient (Wildman–Crippen LogP) is 2.87. The van der Waals surface area contributed by atoms with Crippen LogP contribution in [-0.4, -0.2) is 46.8 Å². The van der Waals surface area contributed by atoms with E-state index in [4.69, 9.17) is 0 Å². The first-order valence-electron chi connectivity index (χ1n) is 9.01. The molecule has 0 saturated carbocycles. The maximum Gasteiger partial charge on any atom is 0.418 e. The van der Waals surface area contributed by atoms with Crippen LogP contribution in [0.1, 0.15) is 18.4 Å². The van der Waals surface area contributed by atoms with Crippen molar-refractivity contribution in [2.45, 2.75) is 25.1 Å². The van der Waals surface area contributed by atoms with Crippen LogP contribution >= 0.6 is 0 Å².